The number of carbonyl (C=O) groups excluding carboxylic acids is 1. The van der Waals surface area contributed by atoms with Gasteiger partial charge in [-0.3, -0.25) is 9.69 Å². The number of aromatic carboxylic acids is 1. The fraction of sp³-hybridized carbons (Fsp3) is 0.190. The Morgan fingerprint density at radius 2 is 1.77 bits per heavy atom. The van der Waals surface area contributed by atoms with E-state index in [4.69, 9.17) is 25.8 Å². The largest absolute Gasteiger partial charge is 0.493 e. The summed E-state index contributed by atoms with van der Waals surface area (Å²) in [5, 5.41) is 9.75. The quantitative estimate of drug-likeness (QED) is 0.639. The van der Waals surface area contributed by atoms with E-state index in [1.54, 1.807) is 31.3 Å². The van der Waals surface area contributed by atoms with Gasteiger partial charge in [0.15, 0.2) is 16.7 Å². The van der Waals surface area contributed by atoms with Gasteiger partial charge in [0.05, 0.1) is 42.5 Å². The Hall–Kier alpha value is -3.17. The van der Waals surface area contributed by atoms with Gasteiger partial charge in [-0.1, -0.05) is 11.6 Å². The molecule has 1 aliphatic heterocycles. The molecule has 31 heavy (non-hydrogen) atoms. The van der Waals surface area contributed by atoms with Crippen LogP contribution in [-0.4, -0.2) is 55.4 Å². The number of nitrogens with zero attached hydrogens (tertiary/aromatic N) is 2. The Kier molecular flexibility index (Phi) is 6.77. The number of hydrogen-bond acceptors (Lipinski definition) is 7. The summed E-state index contributed by atoms with van der Waals surface area (Å²) in [6.45, 7) is 0. The van der Waals surface area contributed by atoms with E-state index in [0.29, 0.717) is 38.6 Å². The van der Waals surface area contributed by atoms with Crippen LogP contribution in [0.1, 0.15) is 15.9 Å². The first-order valence-corrected chi connectivity index (χ1v) is 10.1. The van der Waals surface area contributed by atoms with E-state index in [1.165, 1.54) is 50.1 Å². The van der Waals surface area contributed by atoms with E-state index < -0.39 is 5.97 Å². The normalized spacial score (nSPS) is 16.2. The van der Waals surface area contributed by atoms with E-state index in [1.807, 2.05) is 0 Å². The number of benzene rings is 2. The SMILES string of the molecule is COc1cc(C=C2SC(=Nc3ccc(Cl)c(C(=O)O)c3)N(C)C2=O)cc(OC)c1OC. The van der Waals surface area contributed by atoms with Crippen molar-refractivity contribution in [2.24, 2.45) is 4.99 Å². The standard InChI is InChI=1S/C21H19ClN2O6S/c1-24-19(25)17(9-11-7-15(28-2)18(30-4)16(8-11)29-3)31-21(24)23-12-5-6-14(22)13(10-12)20(26)27/h5-10H,1-4H3,(H,26,27). The number of likely N-dealkylation sites (N-methyl/N-ethyl adjacent to an activating group) is 1. The van der Waals surface area contributed by atoms with Gasteiger partial charge in [0.1, 0.15) is 0 Å². The second-order valence-corrected chi connectivity index (χ2v) is 7.71. The average Bonchev–Trinajstić information content (AvgIpc) is 3.01. The van der Waals surface area contributed by atoms with Gasteiger partial charge in [-0.05, 0) is 53.7 Å². The second-order valence-electron chi connectivity index (χ2n) is 6.30. The maximum Gasteiger partial charge on any atom is 0.337 e. The van der Waals surface area contributed by atoms with Gasteiger partial charge in [-0.2, -0.15) is 0 Å². The third-order valence-corrected chi connectivity index (χ3v) is 5.78. The van der Waals surface area contributed by atoms with Crippen molar-refractivity contribution in [1.29, 1.82) is 0 Å². The molecule has 0 aromatic heterocycles. The molecule has 0 atom stereocenters. The number of amidine groups is 1. The number of carbonyl (C=O) groups is 2. The third kappa shape index (κ3) is 4.62. The van der Waals surface area contributed by atoms with Crippen molar-refractivity contribution in [1.82, 2.24) is 4.90 Å². The van der Waals surface area contributed by atoms with Gasteiger partial charge in [-0.15, -0.1) is 0 Å². The van der Waals surface area contributed by atoms with Gasteiger partial charge in [0.25, 0.3) is 5.91 Å². The van der Waals surface area contributed by atoms with Gasteiger partial charge in [0.2, 0.25) is 5.75 Å². The van der Waals surface area contributed by atoms with Crippen LogP contribution >= 0.6 is 23.4 Å². The molecule has 0 unspecified atom stereocenters. The number of carboxylic acid groups (broad SMARTS) is 1. The summed E-state index contributed by atoms with van der Waals surface area (Å²) in [6, 6.07) is 7.86. The number of halogens is 1. The van der Waals surface area contributed by atoms with Crippen molar-refractivity contribution in [3.8, 4) is 17.2 Å². The molecule has 8 nitrogen and oxygen atoms in total. The lowest BCUT2D eigenvalue weighted by atomic mass is 10.1. The molecule has 1 amide bonds. The van der Waals surface area contributed by atoms with Crippen molar-refractivity contribution >= 4 is 52.2 Å². The van der Waals surface area contributed by atoms with Crippen LogP contribution in [0.15, 0.2) is 40.2 Å². The topological polar surface area (TPSA) is 97.7 Å². The molecular formula is C21H19ClN2O6S. The van der Waals surface area contributed by atoms with Gasteiger partial charge in [-0.25, -0.2) is 9.79 Å². The maximum absolute atomic E-state index is 12.7. The van der Waals surface area contributed by atoms with E-state index in [9.17, 15) is 14.7 Å². The van der Waals surface area contributed by atoms with Gasteiger partial charge < -0.3 is 19.3 Å². The van der Waals surface area contributed by atoms with Crippen molar-refractivity contribution in [2.45, 2.75) is 0 Å². The second kappa shape index (κ2) is 9.32. The van der Waals surface area contributed by atoms with Gasteiger partial charge in [0, 0.05) is 7.05 Å². The number of rotatable bonds is 6. The Morgan fingerprint density at radius 1 is 1.13 bits per heavy atom. The summed E-state index contributed by atoms with van der Waals surface area (Å²) in [7, 11) is 6.14. The fourth-order valence-electron chi connectivity index (χ4n) is 2.84. The Labute approximate surface area is 188 Å². The molecule has 2 aromatic carbocycles. The zero-order chi connectivity index (χ0) is 22.7. The highest BCUT2D eigenvalue weighted by atomic mass is 35.5. The van der Waals surface area contributed by atoms with E-state index in [0.717, 1.165) is 0 Å². The zero-order valence-electron chi connectivity index (χ0n) is 17.1. The summed E-state index contributed by atoms with van der Waals surface area (Å²) < 4.78 is 16.0. The lowest BCUT2D eigenvalue weighted by Gasteiger charge is -2.13. The predicted molar refractivity (Wildman–Crippen MR) is 120 cm³/mol. The lowest BCUT2D eigenvalue weighted by Crippen LogP contribution is -2.23. The van der Waals surface area contributed by atoms with E-state index in [2.05, 4.69) is 4.99 Å². The summed E-state index contributed by atoms with van der Waals surface area (Å²) in [5.41, 5.74) is 0.992. The molecule has 0 aliphatic carbocycles. The molecule has 10 heteroatoms. The molecule has 1 aliphatic rings. The van der Waals surface area contributed by atoms with Crippen LogP contribution in [-0.2, 0) is 4.79 Å². The number of methoxy groups -OCH3 is 3. The number of hydrogen-bond donors (Lipinski definition) is 1. The Morgan fingerprint density at radius 3 is 2.32 bits per heavy atom. The summed E-state index contributed by atoms with van der Waals surface area (Å²) in [5.74, 6) is -0.0140. The molecule has 0 spiro atoms. The average molecular weight is 463 g/mol. The van der Waals surface area contributed by atoms with Crippen molar-refractivity contribution in [2.75, 3.05) is 28.4 Å². The van der Waals surface area contributed by atoms with Crippen molar-refractivity contribution < 1.29 is 28.9 Å². The predicted octanol–water partition coefficient (Wildman–Crippen LogP) is 4.30. The summed E-state index contributed by atoms with van der Waals surface area (Å²) >= 11 is 7.07. The van der Waals surface area contributed by atoms with Crippen LogP contribution in [0, 0.1) is 0 Å². The highest BCUT2D eigenvalue weighted by molar-refractivity contribution is 8.18. The lowest BCUT2D eigenvalue weighted by molar-refractivity contribution is -0.121. The molecule has 2 aromatic rings. The fourth-order valence-corrected chi connectivity index (χ4v) is 4.03. The monoisotopic (exact) mass is 462 g/mol. The Bertz CT molecular complexity index is 1090. The van der Waals surface area contributed by atoms with Gasteiger partial charge >= 0.3 is 5.97 Å². The third-order valence-electron chi connectivity index (χ3n) is 4.39. The first kappa shape index (κ1) is 22.5. The number of amides is 1. The van der Waals surface area contributed by atoms with Crippen molar-refractivity contribution in [3.63, 3.8) is 0 Å². The van der Waals surface area contributed by atoms with Crippen LogP contribution in [0.4, 0.5) is 5.69 Å². The van der Waals surface area contributed by atoms with Crippen LogP contribution < -0.4 is 14.2 Å². The molecule has 3 rings (SSSR count). The smallest absolute Gasteiger partial charge is 0.337 e. The number of aliphatic imine (C=N–C) groups is 1. The number of ether oxygens (including phenoxy) is 3. The van der Waals surface area contributed by atoms with Crippen LogP contribution in [0.25, 0.3) is 6.08 Å². The van der Waals surface area contributed by atoms with Crippen LogP contribution in [0.2, 0.25) is 5.02 Å². The Balaban J connectivity index is 1.97. The van der Waals surface area contributed by atoms with Crippen LogP contribution in [0.3, 0.4) is 0 Å². The summed E-state index contributed by atoms with van der Waals surface area (Å²) in [6.07, 6.45) is 1.70. The first-order chi connectivity index (χ1) is 14.8. The molecule has 162 valence electrons. The first-order valence-electron chi connectivity index (χ1n) is 8.88. The van der Waals surface area contributed by atoms with Crippen LogP contribution in [0.5, 0.6) is 17.2 Å². The molecule has 1 saturated heterocycles. The minimum Gasteiger partial charge on any atom is -0.493 e. The molecular weight excluding hydrogens is 444 g/mol. The van der Waals surface area contributed by atoms with E-state index >= 15 is 0 Å². The minimum absolute atomic E-state index is 0.0614. The minimum atomic E-state index is -1.15. The number of thioether (sulfide) groups is 1. The molecule has 0 radical (unpaired) electrons. The number of carboxylic acids is 1. The molecule has 0 saturated carbocycles. The summed E-state index contributed by atoms with van der Waals surface area (Å²) in [4.78, 5) is 30.3. The van der Waals surface area contributed by atoms with Crippen molar-refractivity contribution in [3.05, 3.63) is 51.4 Å². The maximum atomic E-state index is 12.7. The highest BCUT2D eigenvalue weighted by Gasteiger charge is 2.30. The molecule has 1 heterocycles. The molecule has 1 fully saturated rings. The molecule has 0 bridgehead atoms. The van der Waals surface area contributed by atoms with E-state index in [-0.39, 0.29) is 16.5 Å². The highest BCUT2D eigenvalue weighted by Crippen LogP contribution is 2.40. The molecule has 1 N–H and O–H groups in total. The zero-order valence-corrected chi connectivity index (χ0v) is 18.7.